The summed E-state index contributed by atoms with van der Waals surface area (Å²) in [5.74, 6) is 0.682. The predicted octanol–water partition coefficient (Wildman–Crippen LogP) is 5.95. The maximum absolute atomic E-state index is 12.9. The number of aliphatic hydroxyl groups is 1. The van der Waals surface area contributed by atoms with E-state index in [2.05, 4.69) is 64.4 Å². The van der Waals surface area contributed by atoms with Gasteiger partial charge in [0.15, 0.2) is 5.60 Å². The number of anilines is 1. The largest absolute Gasteiger partial charge is 0.444 e. The maximum atomic E-state index is 12.9. The second-order valence-electron chi connectivity index (χ2n) is 13.9. The van der Waals surface area contributed by atoms with Crippen LogP contribution in [0.25, 0.3) is 10.9 Å². The first-order valence-corrected chi connectivity index (χ1v) is 17.4. The number of amides is 1. The van der Waals surface area contributed by atoms with Gasteiger partial charge in [0.2, 0.25) is 5.95 Å². The molecule has 3 fully saturated rings. The summed E-state index contributed by atoms with van der Waals surface area (Å²) in [5.41, 5.74) is 0.891. The number of piperazine rings is 1. The van der Waals surface area contributed by atoms with Crippen LogP contribution in [0, 0.1) is 3.57 Å². The lowest BCUT2D eigenvalue weighted by atomic mass is 9.88. The van der Waals surface area contributed by atoms with Gasteiger partial charge in [-0.05, 0) is 107 Å². The minimum absolute atomic E-state index is 0.0827. The summed E-state index contributed by atoms with van der Waals surface area (Å²) in [5, 5.41) is 12.0. The highest BCUT2D eigenvalue weighted by Crippen LogP contribution is 2.42. The first-order chi connectivity index (χ1) is 21.5. The number of carbonyl (C=O) groups excluding carboxylic acids is 1. The molecule has 1 aromatic heterocycles. The second kappa shape index (κ2) is 12.9. The van der Waals surface area contributed by atoms with E-state index in [4.69, 9.17) is 19.4 Å². The molecule has 0 spiro atoms. The number of benzene rings is 2. The summed E-state index contributed by atoms with van der Waals surface area (Å²) < 4.78 is 13.5. The molecule has 1 aliphatic carbocycles. The number of piperidine rings is 1. The van der Waals surface area contributed by atoms with Crippen molar-refractivity contribution >= 4 is 45.5 Å². The minimum atomic E-state index is -1.08. The van der Waals surface area contributed by atoms with Crippen molar-refractivity contribution in [1.82, 2.24) is 19.8 Å². The highest BCUT2D eigenvalue weighted by Gasteiger charge is 2.44. The molecule has 2 saturated heterocycles. The van der Waals surface area contributed by atoms with Crippen molar-refractivity contribution in [2.75, 3.05) is 37.7 Å². The number of aromatic nitrogens is 2. The number of nitrogens with zero attached hydrogens (tertiary/aromatic N) is 5. The first kappa shape index (κ1) is 32.4. The summed E-state index contributed by atoms with van der Waals surface area (Å²) in [6.45, 7) is 13.0. The van der Waals surface area contributed by atoms with Crippen LogP contribution >= 0.6 is 22.6 Å². The van der Waals surface area contributed by atoms with Gasteiger partial charge in [0, 0.05) is 53.3 Å². The van der Waals surface area contributed by atoms with E-state index in [-0.39, 0.29) is 30.9 Å². The van der Waals surface area contributed by atoms with Crippen molar-refractivity contribution < 1.29 is 19.4 Å². The van der Waals surface area contributed by atoms with E-state index in [9.17, 15) is 9.90 Å². The Bertz CT molecular complexity index is 1510. The summed E-state index contributed by atoms with van der Waals surface area (Å²) >= 11 is 2.32. The normalized spacial score (nSPS) is 23.3. The maximum Gasteiger partial charge on any atom is 0.410 e. The Morgan fingerprint density at radius 2 is 1.69 bits per heavy atom. The van der Waals surface area contributed by atoms with Gasteiger partial charge in [-0.2, -0.15) is 0 Å². The number of aliphatic hydroxyl groups excluding tert-OH is 1. The van der Waals surface area contributed by atoms with Crippen molar-refractivity contribution in [3.63, 3.8) is 0 Å². The Hall–Kier alpha value is -2.54. The fraction of sp³-hybridized carbons (Fsp3) is 0.571. The molecule has 3 heterocycles. The van der Waals surface area contributed by atoms with E-state index in [0.29, 0.717) is 18.5 Å². The van der Waals surface area contributed by atoms with E-state index in [1.54, 1.807) is 0 Å². The van der Waals surface area contributed by atoms with Crippen LogP contribution in [0.15, 0.2) is 48.5 Å². The zero-order valence-electron chi connectivity index (χ0n) is 27.1. The van der Waals surface area contributed by atoms with Crippen LogP contribution in [-0.2, 0) is 15.1 Å². The third-order valence-corrected chi connectivity index (χ3v) is 9.93. The standard InChI is InChI=1S/C35H46IN5O4/c1-23-21-41(33(43)45-34(3,4)5)24(2)20-40(23)27-15-17-39(18-16-27)32-37-30-14-11-26(36)19-29(30)31(38-32)35(22-42,44-28-12-13-28)25-9-7-6-8-10-25/h6-11,14,19,23-24,27-28,42H,12-13,15-18,20-22H2,1-5H3/t23-,24+,35-/m0/s1. The number of ether oxygens (including phenoxy) is 2. The van der Waals surface area contributed by atoms with Gasteiger partial charge in [0.25, 0.3) is 0 Å². The second-order valence-corrected chi connectivity index (χ2v) is 15.2. The molecule has 1 amide bonds. The zero-order valence-corrected chi connectivity index (χ0v) is 29.2. The molecule has 1 saturated carbocycles. The SMILES string of the molecule is C[C@@H]1CN(C2CCN(c3nc([C@@](CO)(OC4CC4)c4ccccc4)c4cc(I)ccc4n3)CC2)[C@@H](C)CN1C(=O)OC(C)(C)C. The number of hydrogen-bond acceptors (Lipinski definition) is 8. The van der Waals surface area contributed by atoms with Crippen molar-refractivity contribution in [3.05, 3.63) is 63.4 Å². The van der Waals surface area contributed by atoms with E-state index in [0.717, 1.165) is 71.0 Å². The molecule has 3 aliphatic rings. The molecule has 0 radical (unpaired) electrons. The molecular weight excluding hydrogens is 681 g/mol. The molecule has 2 aromatic carbocycles. The van der Waals surface area contributed by atoms with Crippen LogP contribution in [0.1, 0.15) is 71.6 Å². The Kier molecular flexibility index (Phi) is 9.31. The quantitative estimate of drug-likeness (QED) is 0.299. The first-order valence-electron chi connectivity index (χ1n) is 16.3. The number of halogens is 1. The lowest BCUT2D eigenvalue weighted by Gasteiger charge is -2.49. The topological polar surface area (TPSA) is 91.3 Å². The highest BCUT2D eigenvalue weighted by molar-refractivity contribution is 14.1. The van der Waals surface area contributed by atoms with Gasteiger partial charge >= 0.3 is 6.09 Å². The smallest absolute Gasteiger partial charge is 0.410 e. The molecule has 1 N–H and O–H groups in total. The van der Waals surface area contributed by atoms with Gasteiger partial charge in [-0.25, -0.2) is 14.8 Å². The van der Waals surface area contributed by atoms with Crippen molar-refractivity contribution in [1.29, 1.82) is 0 Å². The number of rotatable bonds is 7. The lowest BCUT2D eigenvalue weighted by molar-refractivity contribution is -0.0672. The lowest BCUT2D eigenvalue weighted by Crippen LogP contribution is -2.62. The number of fused-ring (bicyclic) bond motifs is 1. The van der Waals surface area contributed by atoms with Crippen molar-refractivity contribution in [2.45, 2.75) is 95.7 Å². The van der Waals surface area contributed by atoms with E-state index >= 15 is 0 Å². The van der Waals surface area contributed by atoms with Crippen molar-refractivity contribution in [3.8, 4) is 0 Å². The predicted molar refractivity (Wildman–Crippen MR) is 184 cm³/mol. The summed E-state index contributed by atoms with van der Waals surface area (Å²) in [6.07, 6.45) is 3.81. The van der Waals surface area contributed by atoms with Crippen LogP contribution in [0.5, 0.6) is 0 Å². The monoisotopic (exact) mass is 727 g/mol. The highest BCUT2D eigenvalue weighted by atomic mass is 127. The molecule has 242 valence electrons. The Morgan fingerprint density at radius 3 is 2.33 bits per heavy atom. The van der Waals surface area contributed by atoms with Gasteiger partial charge in [-0.3, -0.25) is 4.90 Å². The van der Waals surface area contributed by atoms with Crippen LogP contribution in [0.4, 0.5) is 10.7 Å². The third kappa shape index (κ3) is 6.94. The molecule has 10 heteroatoms. The molecule has 0 bridgehead atoms. The van der Waals surface area contributed by atoms with Crippen LogP contribution < -0.4 is 4.90 Å². The number of carbonyl (C=O) groups is 1. The van der Waals surface area contributed by atoms with E-state index < -0.39 is 11.2 Å². The average Bonchev–Trinajstić information content (AvgIpc) is 3.84. The average molecular weight is 728 g/mol. The summed E-state index contributed by atoms with van der Waals surface area (Å²) in [7, 11) is 0. The summed E-state index contributed by atoms with van der Waals surface area (Å²) in [4.78, 5) is 29.9. The zero-order chi connectivity index (χ0) is 31.9. The Balaban J connectivity index is 1.25. The Morgan fingerprint density at radius 1 is 0.978 bits per heavy atom. The molecule has 0 unspecified atom stereocenters. The molecule has 3 atom stereocenters. The van der Waals surface area contributed by atoms with Crippen LogP contribution in [0.2, 0.25) is 0 Å². The molecule has 3 aromatic rings. The molecule has 9 nitrogen and oxygen atoms in total. The van der Waals surface area contributed by atoms with Crippen LogP contribution in [-0.4, -0.2) is 93.6 Å². The third-order valence-electron chi connectivity index (χ3n) is 9.26. The van der Waals surface area contributed by atoms with Gasteiger partial charge in [-0.15, -0.1) is 0 Å². The number of hydrogen-bond donors (Lipinski definition) is 1. The Labute approximate surface area is 280 Å². The summed E-state index contributed by atoms with van der Waals surface area (Å²) in [6, 6.07) is 17.0. The van der Waals surface area contributed by atoms with E-state index in [1.807, 2.05) is 56.0 Å². The van der Waals surface area contributed by atoms with Gasteiger partial charge in [0.1, 0.15) is 5.60 Å². The van der Waals surface area contributed by atoms with Gasteiger partial charge in [-0.1, -0.05) is 30.3 Å². The minimum Gasteiger partial charge on any atom is -0.444 e. The van der Waals surface area contributed by atoms with Gasteiger partial charge in [0.05, 0.1) is 23.9 Å². The molecule has 2 aliphatic heterocycles. The molecule has 45 heavy (non-hydrogen) atoms. The molecule has 6 rings (SSSR count). The van der Waals surface area contributed by atoms with Crippen LogP contribution in [0.3, 0.4) is 0 Å². The fourth-order valence-electron chi connectivity index (χ4n) is 6.81. The fourth-order valence-corrected chi connectivity index (χ4v) is 7.31. The molecular formula is C35H46IN5O4. The van der Waals surface area contributed by atoms with Crippen molar-refractivity contribution in [2.24, 2.45) is 0 Å². The van der Waals surface area contributed by atoms with E-state index in [1.165, 1.54) is 0 Å². The van der Waals surface area contributed by atoms with Gasteiger partial charge < -0.3 is 24.4 Å².